The summed E-state index contributed by atoms with van der Waals surface area (Å²) < 4.78 is 4.92. The Balaban J connectivity index is 1.79. The summed E-state index contributed by atoms with van der Waals surface area (Å²) in [7, 11) is 0. The Hall–Kier alpha value is -1.79. The van der Waals surface area contributed by atoms with Crippen molar-refractivity contribution in [2.24, 2.45) is 0 Å². The predicted octanol–water partition coefficient (Wildman–Crippen LogP) is 2.88. The number of nitrogens with zero attached hydrogens (tertiary/aromatic N) is 1. The fourth-order valence-electron chi connectivity index (χ4n) is 2.33. The molecule has 1 fully saturated rings. The van der Waals surface area contributed by atoms with Crippen LogP contribution in [-0.4, -0.2) is 42.4 Å². The van der Waals surface area contributed by atoms with Crippen molar-refractivity contribution in [3.8, 4) is 0 Å². The Morgan fingerprint density at radius 2 is 2.00 bits per heavy atom. The summed E-state index contributed by atoms with van der Waals surface area (Å²) in [6.07, 6.45) is 3.13. The first-order valence-electron chi connectivity index (χ1n) is 7.64. The molecule has 2 rings (SSSR count). The van der Waals surface area contributed by atoms with E-state index >= 15 is 0 Å². The smallest absolute Gasteiger partial charge is 0.326 e. The summed E-state index contributed by atoms with van der Waals surface area (Å²) in [5.74, 6) is -1.20. The van der Waals surface area contributed by atoms with Gasteiger partial charge in [-0.3, -0.25) is 14.4 Å². The molecule has 1 aliphatic rings. The van der Waals surface area contributed by atoms with E-state index in [1.54, 1.807) is 12.1 Å². The van der Waals surface area contributed by atoms with Crippen molar-refractivity contribution in [1.29, 1.82) is 0 Å². The minimum absolute atomic E-state index is 0.0559. The first-order chi connectivity index (χ1) is 11.5. The Morgan fingerprint density at radius 3 is 2.79 bits per heavy atom. The molecule has 1 aromatic rings. The zero-order valence-electron chi connectivity index (χ0n) is 13.0. The molecular weight excluding hydrogens is 355 g/mol. The van der Waals surface area contributed by atoms with Gasteiger partial charge in [0.05, 0.1) is 10.7 Å². The Labute approximate surface area is 150 Å². The summed E-state index contributed by atoms with van der Waals surface area (Å²) >= 11 is 11.8. The van der Waals surface area contributed by atoms with E-state index in [2.05, 4.69) is 5.32 Å². The highest BCUT2D eigenvalue weighted by molar-refractivity contribution is 6.35. The highest BCUT2D eigenvalue weighted by atomic mass is 35.5. The summed E-state index contributed by atoms with van der Waals surface area (Å²) in [5.41, 5.74) is 0.341. The molecule has 1 heterocycles. The zero-order valence-corrected chi connectivity index (χ0v) is 14.5. The summed E-state index contributed by atoms with van der Waals surface area (Å²) in [4.78, 5) is 36.9. The maximum Gasteiger partial charge on any atom is 0.326 e. The van der Waals surface area contributed by atoms with Crippen LogP contribution in [0.2, 0.25) is 10.0 Å². The number of carbonyl (C=O) groups excluding carboxylic acids is 3. The molecule has 0 bridgehead atoms. The summed E-state index contributed by atoms with van der Waals surface area (Å²) in [6.45, 7) is -0.0496. The molecule has 0 aromatic heterocycles. The molecule has 1 N–H and O–H groups in total. The minimum Gasteiger partial charge on any atom is -0.454 e. The lowest BCUT2D eigenvalue weighted by molar-refractivity contribution is -0.151. The average molecular weight is 373 g/mol. The molecule has 0 aliphatic carbocycles. The monoisotopic (exact) mass is 372 g/mol. The van der Waals surface area contributed by atoms with Crippen molar-refractivity contribution in [3.63, 3.8) is 0 Å². The number of carbonyl (C=O) groups is 3. The molecule has 1 aliphatic heterocycles. The number of anilines is 1. The fraction of sp³-hybridized carbons (Fsp3) is 0.438. The van der Waals surface area contributed by atoms with Gasteiger partial charge in [0.2, 0.25) is 5.91 Å². The molecule has 24 heavy (non-hydrogen) atoms. The predicted molar refractivity (Wildman–Crippen MR) is 91.1 cm³/mol. The number of nitrogens with one attached hydrogen (secondary N) is 1. The molecule has 0 atom stereocenters. The van der Waals surface area contributed by atoms with Crippen molar-refractivity contribution >= 4 is 46.7 Å². The maximum atomic E-state index is 11.8. The lowest BCUT2D eigenvalue weighted by atomic mass is 10.2. The van der Waals surface area contributed by atoms with E-state index in [9.17, 15) is 14.4 Å². The van der Waals surface area contributed by atoms with E-state index in [0.717, 1.165) is 19.3 Å². The normalized spacial score (nSPS) is 14.9. The van der Waals surface area contributed by atoms with Gasteiger partial charge < -0.3 is 15.0 Å². The van der Waals surface area contributed by atoms with Crippen molar-refractivity contribution in [3.05, 3.63) is 28.2 Å². The molecule has 130 valence electrons. The lowest BCUT2D eigenvalue weighted by Gasteiger charge is -2.19. The van der Waals surface area contributed by atoms with Crippen LogP contribution in [0.15, 0.2) is 18.2 Å². The molecule has 0 saturated carbocycles. The molecule has 1 aromatic carbocycles. The maximum absolute atomic E-state index is 11.8. The Kier molecular flexibility index (Phi) is 6.87. The van der Waals surface area contributed by atoms with Gasteiger partial charge in [-0.1, -0.05) is 29.6 Å². The van der Waals surface area contributed by atoms with Crippen LogP contribution in [0.3, 0.4) is 0 Å². The molecule has 0 unspecified atom stereocenters. The number of hydrogen-bond donors (Lipinski definition) is 1. The van der Waals surface area contributed by atoms with Crippen LogP contribution in [0, 0.1) is 0 Å². The first-order valence-corrected chi connectivity index (χ1v) is 8.39. The molecule has 8 heteroatoms. The first kappa shape index (κ1) is 18.5. The second-order valence-corrected chi connectivity index (χ2v) is 6.30. The van der Waals surface area contributed by atoms with Gasteiger partial charge >= 0.3 is 5.97 Å². The van der Waals surface area contributed by atoms with Crippen LogP contribution in [0.25, 0.3) is 0 Å². The Morgan fingerprint density at radius 1 is 1.21 bits per heavy atom. The molecule has 1 saturated heterocycles. The second-order valence-electron chi connectivity index (χ2n) is 5.46. The van der Waals surface area contributed by atoms with Crippen molar-refractivity contribution in [1.82, 2.24) is 4.90 Å². The molecule has 2 amide bonds. The van der Waals surface area contributed by atoms with Crippen LogP contribution in [0.4, 0.5) is 5.69 Å². The fourth-order valence-corrected chi connectivity index (χ4v) is 2.67. The van der Waals surface area contributed by atoms with Gasteiger partial charge in [0.15, 0.2) is 6.61 Å². The zero-order chi connectivity index (χ0) is 17.5. The van der Waals surface area contributed by atoms with Gasteiger partial charge in [-0.2, -0.15) is 0 Å². The number of likely N-dealkylation sites (tertiary alicyclic amines) is 1. The summed E-state index contributed by atoms with van der Waals surface area (Å²) in [5, 5.41) is 3.27. The van der Waals surface area contributed by atoms with Crippen LogP contribution in [0.1, 0.15) is 25.7 Å². The molecular formula is C16H18Cl2N2O4. The highest BCUT2D eigenvalue weighted by Gasteiger charge is 2.20. The lowest BCUT2D eigenvalue weighted by Crippen LogP contribution is -2.36. The number of halogens is 2. The summed E-state index contributed by atoms with van der Waals surface area (Å²) in [6, 6.07) is 4.65. The van der Waals surface area contributed by atoms with E-state index in [0.29, 0.717) is 28.7 Å². The van der Waals surface area contributed by atoms with Gasteiger partial charge in [0.25, 0.3) is 5.91 Å². The van der Waals surface area contributed by atoms with Crippen LogP contribution in [0.5, 0.6) is 0 Å². The van der Waals surface area contributed by atoms with E-state index in [-0.39, 0.29) is 12.5 Å². The number of amides is 2. The third kappa shape index (κ3) is 5.69. The number of ether oxygens (including phenoxy) is 1. The average Bonchev–Trinajstić information content (AvgIpc) is 2.74. The topological polar surface area (TPSA) is 75.7 Å². The van der Waals surface area contributed by atoms with E-state index in [4.69, 9.17) is 27.9 Å². The quantitative estimate of drug-likeness (QED) is 0.806. The highest BCUT2D eigenvalue weighted by Crippen LogP contribution is 2.25. The van der Waals surface area contributed by atoms with Crippen molar-refractivity contribution < 1.29 is 19.1 Å². The largest absolute Gasteiger partial charge is 0.454 e. The van der Waals surface area contributed by atoms with E-state index in [1.807, 2.05) is 0 Å². The number of rotatable bonds is 5. The third-order valence-corrected chi connectivity index (χ3v) is 4.12. The molecule has 0 spiro atoms. The number of hydrogen-bond acceptors (Lipinski definition) is 4. The van der Waals surface area contributed by atoms with Crippen LogP contribution < -0.4 is 5.32 Å². The van der Waals surface area contributed by atoms with Gasteiger partial charge in [-0.15, -0.1) is 0 Å². The van der Waals surface area contributed by atoms with Crippen LogP contribution >= 0.6 is 23.2 Å². The molecule has 6 nitrogen and oxygen atoms in total. The number of benzene rings is 1. The third-order valence-electron chi connectivity index (χ3n) is 3.56. The van der Waals surface area contributed by atoms with Gasteiger partial charge in [0.1, 0.15) is 6.54 Å². The van der Waals surface area contributed by atoms with Gasteiger partial charge in [0, 0.05) is 18.0 Å². The minimum atomic E-state index is -0.613. The van der Waals surface area contributed by atoms with Crippen LogP contribution in [-0.2, 0) is 19.1 Å². The second kappa shape index (κ2) is 8.89. The number of esters is 1. The van der Waals surface area contributed by atoms with Gasteiger partial charge in [-0.25, -0.2) is 0 Å². The standard InChI is InChI=1S/C16H18Cl2N2O4/c17-11-5-6-12(18)13(8-11)19-14(21)10-24-16(23)9-20-7-3-1-2-4-15(20)22/h5-6,8H,1-4,7,9-10H2,(H,19,21). The van der Waals surface area contributed by atoms with Crippen molar-refractivity contribution in [2.45, 2.75) is 25.7 Å². The molecule has 0 radical (unpaired) electrons. The van der Waals surface area contributed by atoms with Crippen molar-refractivity contribution in [2.75, 3.05) is 25.0 Å². The SMILES string of the molecule is O=C(COC(=O)CN1CCCCCC1=O)Nc1cc(Cl)ccc1Cl. The van der Waals surface area contributed by atoms with E-state index < -0.39 is 18.5 Å². The Bertz CT molecular complexity index is 637. The van der Waals surface area contributed by atoms with Gasteiger partial charge in [-0.05, 0) is 31.0 Å². The van der Waals surface area contributed by atoms with E-state index in [1.165, 1.54) is 11.0 Å².